The van der Waals surface area contributed by atoms with E-state index in [-0.39, 0.29) is 0 Å². The molecular formula is C19H26N2O. The smallest absolute Gasteiger partial charge is 0.146 e. The summed E-state index contributed by atoms with van der Waals surface area (Å²) in [5.74, 6) is 0.971. The van der Waals surface area contributed by atoms with Crippen LogP contribution in [0.4, 0.5) is 0 Å². The van der Waals surface area contributed by atoms with Crippen molar-refractivity contribution < 1.29 is 4.74 Å². The van der Waals surface area contributed by atoms with Crippen LogP contribution in [-0.2, 0) is 6.42 Å². The van der Waals surface area contributed by atoms with Crippen LogP contribution in [0.3, 0.4) is 0 Å². The van der Waals surface area contributed by atoms with Gasteiger partial charge in [-0.3, -0.25) is 4.98 Å². The van der Waals surface area contributed by atoms with E-state index in [0.717, 1.165) is 43.6 Å². The topological polar surface area (TPSA) is 25.4 Å². The summed E-state index contributed by atoms with van der Waals surface area (Å²) in [4.78, 5) is 6.92. The fraction of sp³-hybridized carbons (Fsp3) is 0.526. The zero-order chi connectivity index (χ0) is 15.4. The quantitative estimate of drug-likeness (QED) is 0.832. The summed E-state index contributed by atoms with van der Waals surface area (Å²) >= 11 is 0. The van der Waals surface area contributed by atoms with Crippen molar-refractivity contribution >= 4 is 10.9 Å². The normalized spacial score (nSPS) is 17.0. The molecule has 0 spiro atoms. The minimum Gasteiger partial charge on any atom is -0.488 e. The van der Waals surface area contributed by atoms with Crippen LogP contribution in [0, 0.1) is 0 Å². The first-order chi connectivity index (χ1) is 10.8. The van der Waals surface area contributed by atoms with Crippen molar-refractivity contribution in [1.82, 2.24) is 9.88 Å². The van der Waals surface area contributed by atoms with Crippen molar-refractivity contribution in [3.8, 4) is 5.75 Å². The van der Waals surface area contributed by atoms with E-state index in [9.17, 15) is 0 Å². The number of fused-ring (bicyclic) bond motifs is 1. The average Bonchev–Trinajstić information content (AvgIpc) is 2.55. The van der Waals surface area contributed by atoms with Crippen LogP contribution in [0.25, 0.3) is 10.9 Å². The van der Waals surface area contributed by atoms with Crippen LogP contribution >= 0.6 is 0 Å². The Morgan fingerprint density at radius 3 is 2.86 bits per heavy atom. The van der Waals surface area contributed by atoms with Gasteiger partial charge in [0.2, 0.25) is 0 Å². The maximum atomic E-state index is 6.35. The van der Waals surface area contributed by atoms with Gasteiger partial charge in [-0.15, -0.1) is 0 Å². The first-order valence-electron chi connectivity index (χ1n) is 8.49. The van der Waals surface area contributed by atoms with Gasteiger partial charge in [-0.1, -0.05) is 19.4 Å². The van der Waals surface area contributed by atoms with Crippen LogP contribution in [0.15, 0.2) is 30.5 Å². The van der Waals surface area contributed by atoms with Crippen LogP contribution in [0.1, 0.15) is 38.2 Å². The van der Waals surface area contributed by atoms with E-state index in [0.29, 0.717) is 6.10 Å². The van der Waals surface area contributed by atoms with E-state index in [2.05, 4.69) is 42.1 Å². The number of hydrogen-bond acceptors (Lipinski definition) is 3. The third-order valence-corrected chi connectivity index (χ3v) is 4.51. The van der Waals surface area contributed by atoms with Gasteiger partial charge in [0.25, 0.3) is 0 Å². The molecule has 3 rings (SSSR count). The fourth-order valence-corrected chi connectivity index (χ4v) is 3.12. The summed E-state index contributed by atoms with van der Waals surface area (Å²) in [6, 6.07) is 8.62. The number of nitrogens with zero attached hydrogens (tertiary/aromatic N) is 2. The number of pyridine rings is 1. The summed E-state index contributed by atoms with van der Waals surface area (Å²) < 4.78 is 6.35. The van der Waals surface area contributed by atoms with Gasteiger partial charge in [-0.05, 0) is 56.5 Å². The highest BCUT2D eigenvalue weighted by Crippen LogP contribution is 2.29. The minimum absolute atomic E-state index is 0.322. The van der Waals surface area contributed by atoms with Crippen molar-refractivity contribution in [2.75, 3.05) is 20.1 Å². The average molecular weight is 298 g/mol. The number of hydrogen-bond donors (Lipinski definition) is 0. The fourth-order valence-electron chi connectivity index (χ4n) is 3.12. The second-order valence-electron chi connectivity index (χ2n) is 6.39. The van der Waals surface area contributed by atoms with Crippen molar-refractivity contribution in [2.24, 2.45) is 0 Å². The Hall–Kier alpha value is -1.61. The van der Waals surface area contributed by atoms with E-state index < -0.39 is 0 Å². The summed E-state index contributed by atoms with van der Waals surface area (Å²) in [7, 11) is 2.18. The molecule has 0 bridgehead atoms. The van der Waals surface area contributed by atoms with Crippen LogP contribution in [-0.4, -0.2) is 36.1 Å². The van der Waals surface area contributed by atoms with Gasteiger partial charge in [0.1, 0.15) is 17.4 Å². The molecule has 0 N–H and O–H groups in total. The second kappa shape index (κ2) is 7.10. The van der Waals surface area contributed by atoms with Gasteiger partial charge in [-0.25, -0.2) is 0 Å². The lowest BCUT2D eigenvalue weighted by atomic mass is 10.0. The lowest BCUT2D eigenvalue weighted by Gasteiger charge is -2.29. The highest BCUT2D eigenvalue weighted by molar-refractivity contribution is 5.85. The van der Waals surface area contributed by atoms with E-state index in [1.807, 2.05) is 12.3 Å². The van der Waals surface area contributed by atoms with Gasteiger partial charge in [0, 0.05) is 24.7 Å². The molecule has 0 unspecified atom stereocenters. The van der Waals surface area contributed by atoms with E-state index in [1.165, 1.54) is 23.8 Å². The zero-order valence-corrected chi connectivity index (χ0v) is 13.7. The Labute approximate surface area is 133 Å². The molecule has 0 aliphatic carbocycles. The van der Waals surface area contributed by atoms with Gasteiger partial charge < -0.3 is 9.64 Å². The maximum Gasteiger partial charge on any atom is 0.146 e. The number of likely N-dealkylation sites (tertiary alicyclic amines) is 1. The predicted molar refractivity (Wildman–Crippen MR) is 91.5 cm³/mol. The number of benzene rings is 1. The number of unbranched alkanes of at least 4 members (excludes halogenated alkanes) is 1. The lowest BCUT2D eigenvalue weighted by Crippen LogP contribution is -2.35. The number of aromatic nitrogens is 1. The SMILES string of the molecule is CCCCc1cc(OC2CCN(C)CC2)c2ncccc2c1. The van der Waals surface area contributed by atoms with Crippen LogP contribution in [0.5, 0.6) is 5.75 Å². The van der Waals surface area contributed by atoms with Crippen molar-refractivity contribution in [3.63, 3.8) is 0 Å². The molecular weight excluding hydrogens is 272 g/mol. The van der Waals surface area contributed by atoms with Gasteiger partial charge in [0.05, 0.1) is 0 Å². The second-order valence-corrected chi connectivity index (χ2v) is 6.39. The first kappa shape index (κ1) is 15.3. The zero-order valence-electron chi connectivity index (χ0n) is 13.7. The summed E-state index contributed by atoms with van der Waals surface area (Å²) in [5, 5.41) is 1.19. The number of piperidine rings is 1. The molecule has 3 heteroatoms. The minimum atomic E-state index is 0.322. The van der Waals surface area contributed by atoms with Gasteiger partial charge in [0.15, 0.2) is 0 Å². The largest absolute Gasteiger partial charge is 0.488 e. The Kier molecular flexibility index (Phi) is 4.94. The molecule has 2 heterocycles. The highest BCUT2D eigenvalue weighted by atomic mass is 16.5. The van der Waals surface area contributed by atoms with Crippen molar-refractivity contribution in [1.29, 1.82) is 0 Å². The molecule has 1 aromatic carbocycles. The summed E-state index contributed by atoms with van der Waals surface area (Å²) in [5.41, 5.74) is 2.37. The summed E-state index contributed by atoms with van der Waals surface area (Å²) in [6.07, 6.45) is 7.94. The van der Waals surface area contributed by atoms with Crippen molar-refractivity contribution in [3.05, 3.63) is 36.0 Å². The number of aryl methyl sites for hydroxylation is 1. The van der Waals surface area contributed by atoms with Crippen molar-refractivity contribution in [2.45, 2.75) is 45.1 Å². The summed E-state index contributed by atoms with van der Waals surface area (Å²) in [6.45, 7) is 4.47. The molecule has 118 valence electrons. The molecule has 1 aliphatic rings. The molecule has 1 saturated heterocycles. The van der Waals surface area contributed by atoms with Gasteiger partial charge in [-0.2, -0.15) is 0 Å². The Balaban J connectivity index is 1.85. The Morgan fingerprint density at radius 1 is 1.27 bits per heavy atom. The third-order valence-electron chi connectivity index (χ3n) is 4.51. The monoisotopic (exact) mass is 298 g/mol. The first-order valence-corrected chi connectivity index (χ1v) is 8.49. The maximum absolute atomic E-state index is 6.35. The predicted octanol–water partition coefficient (Wildman–Crippen LogP) is 4.05. The molecule has 2 aromatic rings. The molecule has 0 radical (unpaired) electrons. The molecule has 1 aliphatic heterocycles. The van der Waals surface area contributed by atoms with E-state index in [1.54, 1.807) is 0 Å². The Morgan fingerprint density at radius 2 is 2.09 bits per heavy atom. The molecule has 1 fully saturated rings. The standard InChI is InChI=1S/C19H26N2O/c1-3-4-6-15-13-16-7-5-10-20-19(16)18(14-15)22-17-8-11-21(2)12-9-17/h5,7,10,13-14,17H,3-4,6,8-9,11-12H2,1-2H3. The molecule has 1 aromatic heterocycles. The van der Waals surface area contributed by atoms with E-state index in [4.69, 9.17) is 4.74 Å². The molecule has 22 heavy (non-hydrogen) atoms. The number of ether oxygens (including phenoxy) is 1. The molecule has 0 atom stereocenters. The highest BCUT2D eigenvalue weighted by Gasteiger charge is 2.19. The van der Waals surface area contributed by atoms with Gasteiger partial charge >= 0.3 is 0 Å². The number of rotatable bonds is 5. The third kappa shape index (κ3) is 3.58. The van der Waals surface area contributed by atoms with Crippen LogP contribution < -0.4 is 4.74 Å². The van der Waals surface area contributed by atoms with E-state index >= 15 is 0 Å². The molecule has 0 amide bonds. The van der Waals surface area contributed by atoms with Crippen LogP contribution in [0.2, 0.25) is 0 Å². The Bertz CT molecular complexity index is 618. The molecule has 0 saturated carbocycles. The molecule has 3 nitrogen and oxygen atoms in total. The lowest BCUT2D eigenvalue weighted by molar-refractivity contribution is 0.115.